The van der Waals surface area contributed by atoms with E-state index in [0.717, 1.165) is 17.8 Å². The van der Waals surface area contributed by atoms with Gasteiger partial charge >= 0.3 is 0 Å². The maximum Gasteiger partial charge on any atom is 0.264 e. The molecule has 0 atom stereocenters. The molecule has 0 spiro atoms. The van der Waals surface area contributed by atoms with Crippen LogP contribution in [-0.4, -0.2) is 23.4 Å². The van der Waals surface area contributed by atoms with E-state index >= 15 is 0 Å². The van der Waals surface area contributed by atoms with E-state index in [9.17, 15) is 4.79 Å². The molecule has 17 heavy (non-hydrogen) atoms. The predicted molar refractivity (Wildman–Crippen MR) is 70.8 cm³/mol. The highest BCUT2D eigenvalue weighted by molar-refractivity contribution is 7.14. The molecule has 92 valence electrons. The lowest BCUT2D eigenvalue weighted by Gasteiger charge is -2.30. The summed E-state index contributed by atoms with van der Waals surface area (Å²) in [5.74, 6) is 0.278. The summed E-state index contributed by atoms with van der Waals surface area (Å²) in [5.41, 5.74) is 2.93. The standard InChI is InChI=1S/C14H19NOS/c1-9(2)15-8-7-11-10-5-3-4-6-12(10)17-13(11)14(15)16/h9H,3-8H2,1-2H3. The summed E-state index contributed by atoms with van der Waals surface area (Å²) >= 11 is 1.78. The molecule has 0 saturated heterocycles. The van der Waals surface area contributed by atoms with Gasteiger partial charge in [-0.25, -0.2) is 0 Å². The quantitative estimate of drug-likeness (QED) is 0.749. The number of thiophene rings is 1. The molecule has 1 amide bonds. The summed E-state index contributed by atoms with van der Waals surface area (Å²) in [4.78, 5) is 17.0. The van der Waals surface area contributed by atoms with Crippen molar-refractivity contribution >= 4 is 17.2 Å². The van der Waals surface area contributed by atoms with E-state index in [0.29, 0.717) is 6.04 Å². The van der Waals surface area contributed by atoms with Gasteiger partial charge in [-0.15, -0.1) is 11.3 Å². The van der Waals surface area contributed by atoms with Crippen molar-refractivity contribution in [2.75, 3.05) is 6.54 Å². The number of aryl methyl sites for hydroxylation is 1. The maximum absolute atomic E-state index is 12.4. The Morgan fingerprint density at radius 2 is 1.88 bits per heavy atom. The van der Waals surface area contributed by atoms with E-state index in [4.69, 9.17) is 0 Å². The van der Waals surface area contributed by atoms with E-state index in [1.165, 1.54) is 41.7 Å². The van der Waals surface area contributed by atoms with E-state index in [1.54, 1.807) is 11.3 Å². The number of carbonyl (C=O) groups is 1. The molecule has 3 heteroatoms. The summed E-state index contributed by atoms with van der Waals surface area (Å²) in [6, 6.07) is 0.328. The Labute approximate surface area is 107 Å². The second-order valence-electron chi connectivity index (χ2n) is 5.36. The Kier molecular flexibility index (Phi) is 2.74. The number of hydrogen-bond donors (Lipinski definition) is 0. The van der Waals surface area contributed by atoms with Crippen LogP contribution in [0.3, 0.4) is 0 Å². The van der Waals surface area contributed by atoms with Crippen LogP contribution in [0.15, 0.2) is 0 Å². The molecule has 1 aliphatic carbocycles. The molecule has 1 aromatic rings. The zero-order chi connectivity index (χ0) is 12.0. The van der Waals surface area contributed by atoms with E-state index < -0.39 is 0 Å². The third kappa shape index (κ3) is 1.71. The first kappa shape index (κ1) is 11.3. The average molecular weight is 249 g/mol. The van der Waals surface area contributed by atoms with Crippen LogP contribution in [-0.2, 0) is 19.3 Å². The van der Waals surface area contributed by atoms with Crippen molar-refractivity contribution in [2.24, 2.45) is 0 Å². The van der Waals surface area contributed by atoms with Gasteiger partial charge in [-0.3, -0.25) is 4.79 Å². The monoisotopic (exact) mass is 249 g/mol. The number of nitrogens with zero attached hydrogens (tertiary/aromatic N) is 1. The van der Waals surface area contributed by atoms with Crippen LogP contribution < -0.4 is 0 Å². The molecule has 2 nitrogen and oxygen atoms in total. The summed E-state index contributed by atoms with van der Waals surface area (Å²) < 4.78 is 0. The Hall–Kier alpha value is -0.830. The van der Waals surface area contributed by atoms with Crippen molar-refractivity contribution in [3.8, 4) is 0 Å². The molecule has 0 N–H and O–H groups in total. The Morgan fingerprint density at radius 3 is 2.65 bits per heavy atom. The molecule has 1 aliphatic heterocycles. The van der Waals surface area contributed by atoms with Gasteiger partial charge in [0.05, 0.1) is 4.88 Å². The minimum atomic E-state index is 0.278. The van der Waals surface area contributed by atoms with Crippen molar-refractivity contribution in [1.29, 1.82) is 0 Å². The number of hydrogen-bond acceptors (Lipinski definition) is 2. The van der Waals surface area contributed by atoms with Gasteiger partial charge in [0.1, 0.15) is 0 Å². The lowest BCUT2D eigenvalue weighted by Crippen LogP contribution is -2.41. The number of fused-ring (bicyclic) bond motifs is 3. The smallest absolute Gasteiger partial charge is 0.264 e. The molecule has 0 aromatic carbocycles. The van der Waals surface area contributed by atoms with Crippen LogP contribution in [0.25, 0.3) is 0 Å². The molecule has 0 fully saturated rings. The Balaban J connectivity index is 2.02. The molecule has 2 aliphatic rings. The first-order valence-electron chi connectivity index (χ1n) is 6.63. The van der Waals surface area contributed by atoms with Gasteiger partial charge in [-0.1, -0.05) is 0 Å². The zero-order valence-corrected chi connectivity index (χ0v) is 11.4. The SMILES string of the molecule is CC(C)N1CCc2c(sc3c2CCCC3)C1=O. The highest BCUT2D eigenvalue weighted by Gasteiger charge is 2.31. The third-order valence-electron chi connectivity index (χ3n) is 3.96. The van der Waals surface area contributed by atoms with Gasteiger partial charge in [0.25, 0.3) is 5.91 Å². The molecule has 3 rings (SSSR count). The first-order valence-corrected chi connectivity index (χ1v) is 7.44. The van der Waals surface area contributed by atoms with Crippen molar-refractivity contribution in [3.63, 3.8) is 0 Å². The van der Waals surface area contributed by atoms with Gasteiger partial charge in [-0.05, 0) is 57.1 Å². The fourth-order valence-electron chi connectivity index (χ4n) is 3.03. The van der Waals surface area contributed by atoms with Crippen LogP contribution in [0.5, 0.6) is 0 Å². The topological polar surface area (TPSA) is 20.3 Å². The highest BCUT2D eigenvalue weighted by atomic mass is 32.1. The fourth-order valence-corrected chi connectivity index (χ4v) is 4.42. The third-order valence-corrected chi connectivity index (χ3v) is 5.28. The van der Waals surface area contributed by atoms with Gasteiger partial charge in [0, 0.05) is 17.5 Å². The number of carbonyl (C=O) groups excluding carboxylic acids is 1. The zero-order valence-electron chi connectivity index (χ0n) is 10.6. The summed E-state index contributed by atoms with van der Waals surface area (Å²) in [5, 5.41) is 0. The second kappa shape index (κ2) is 4.13. The lowest BCUT2D eigenvalue weighted by molar-refractivity contribution is 0.0694. The molecule has 0 radical (unpaired) electrons. The molecular formula is C14H19NOS. The second-order valence-corrected chi connectivity index (χ2v) is 6.47. The minimum absolute atomic E-state index is 0.278. The van der Waals surface area contributed by atoms with Gasteiger partial charge < -0.3 is 4.90 Å². The number of rotatable bonds is 1. The van der Waals surface area contributed by atoms with Crippen LogP contribution >= 0.6 is 11.3 Å². The van der Waals surface area contributed by atoms with Crippen LogP contribution in [0.4, 0.5) is 0 Å². The normalized spacial score (nSPS) is 19.5. The lowest BCUT2D eigenvalue weighted by atomic mass is 9.92. The summed E-state index contributed by atoms with van der Waals surface area (Å²) in [6.45, 7) is 5.12. The summed E-state index contributed by atoms with van der Waals surface area (Å²) in [7, 11) is 0. The molecule has 0 saturated carbocycles. The van der Waals surface area contributed by atoms with E-state index in [1.807, 2.05) is 4.90 Å². The van der Waals surface area contributed by atoms with E-state index in [-0.39, 0.29) is 5.91 Å². The molecule has 0 bridgehead atoms. The van der Waals surface area contributed by atoms with Crippen molar-refractivity contribution in [2.45, 2.75) is 52.0 Å². The molecule has 0 unspecified atom stereocenters. The first-order chi connectivity index (χ1) is 8.18. The maximum atomic E-state index is 12.4. The van der Waals surface area contributed by atoms with Crippen LogP contribution in [0.2, 0.25) is 0 Å². The highest BCUT2D eigenvalue weighted by Crippen LogP contribution is 2.37. The Morgan fingerprint density at radius 1 is 1.12 bits per heavy atom. The van der Waals surface area contributed by atoms with Crippen molar-refractivity contribution in [1.82, 2.24) is 4.90 Å². The minimum Gasteiger partial charge on any atom is -0.335 e. The summed E-state index contributed by atoms with van der Waals surface area (Å²) in [6.07, 6.45) is 6.08. The average Bonchev–Trinajstić information content (AvgIpc) is 2.69. The van der Waals surface area contributed by atoms with Crippen LogP contribution in [0, 0.1) is 0 Å². The van der Waals surface area contributed by atoms with Crippen molar-refractivity contribution in [3.05, 3.63) is 20.9 Å². The van der Waals surface area contributed by atoms with Crippen molar-refractivity contribution < 1.29 is 4.79 Å². The molecule has 2 heterocycles. The largest absolute Gasteiger partial charge is 0.335 e. The van der Waals surface area contributed by atoms with Crippen LogP contribution in [0.1, 0.15) is 52.4 Å². The Bertz CT molecular complexity index is 461. The van der Waals surface area contributed by atoms with Gasteiger partial charge in [0.15, 0.2) is 0 Å². The van der Waals surface area contributed by atoms with Gasteiger partial charge in [0.2, 0.25) is 0 Å². The molecular weight excluding hydrogens is 230 g/mol. The number of amides is 1. The molecule has 1 aromatic heterocycles. The fraction of sp³-hybridized carbons (Fsp3) is 0.643. The predicted octanol–water partition coefficient (Wildman–Crippen LogP) is 3.03. The van der Waals surface area contributed by atoms with E-state index in [2.05, 4.69) is 13.8 Å². The van der Waals surface area contributed by atoms with Gasteiger partial charge in [-0.2, -0.15) is 0 Å².